The third-order valence-electron chi connectivity index (χ3n) is 4.51. The molecule has 2 heteroatoms. The minimum absolute atomic E-state index is 0.727. The van der Waals surface area contributed by atoms with Gasteiger partial charge in [-0.2, -0.15) is 0 Å². The quantitative estimate of drug-likeness (QED) is 0.276. The van der Waals surface area contributed by atoms with Gasteiger partial charge in [-0.15, -0.1) is 0 Å². The molecule has 0 aromatic heterocycles. The van der Waals surface area contributed by atoms with E-state index in [1.807, 2.05) is 30.3 Å². The Morgan fingerprint density at radius 1 is 0.913 bits per heavy atom. The van der Waals surface area contributed by atoms with E-state index < -0.39 is 0 Å². The molecule has 0 aliphatic heterocycles. The molecule has 0 fully saturated rings. The minimum atomic E-state index is 0.727. The molecule has 1 nitrogen and oxygen atoms in total. The number of thiocarbonyl (C=S) groups is 1. The van der Waals surface area contributed by atoms with Crippen LogP contribution in [0.25, 0.3) is 0 Å². The van der Waals surface area contributed by atoms with Gasteiger partial charge < -0.3 is 4.74 Å². The van der Waals surface area contributed by atoms with Crippen molar-refractivity contribution < 1.29 is 4.74 Å². The van der Waals surface area contributed by atoms with Crippen molar-refractivity contribution in [2.24, 2.45) is 5.92 Å². The lowest BCUT2D eigenvalue weighted by molar-refractivity contribution is 0.401. The number of rotatable bonds is 13. The second-order valence-corrected chi connectivity index (χ2v) is 6.97. The number of ether oxygens (including phenoxy) is 1. The van der Waals surface area contributed by atoms with Gasteiger partial charge >= 0.3 is 0 Å². The lowest BCUT2D eigenvalue weighted by atomic mass is 9.93. The van der Waals surface area contributed by atoms with E-state index in [-0.39, 0.29) is 0 Å². The lowest BCUT2D eigenvalue weighted by Crippen LogP contribution is -2.07. The van der Waals surface area contributed by atoms with Gasteiger partial charge in [0.05, 0.1) is 0 Å². The van der Waals surface area contributed by atoms with Gasteiger partial charge in [-0.3, -0.25) is 0 Å². The number of hydrogen-bond acceptors (Lipinski definition) is 2. The number of benzene rings is 1. The first-order chi connectivity index (χ1) is 11.3. The molecule has 1 unspecified atom stereocenters. The van der Waals surface area contributed by atoms with Crippen LogP contribution in [0.2, 0.25) is 0 Å². The fraction of sp³-hybridized carbons (Fsp3) is 0.667. The van der Waals surface area contributed by atoms with Gasteiger partial charge in [0, 0.05) is 6.42 Å². The van der Waals surface area contributed by atoms with Crippen LogP contribution >= 0.6 is 12.2 Å². The zero-order valence-electron chi connectivity index (χ0n) is 15.1. The molecule has 0 amide bonds. The van der Waals surface area contributed by atoms with Crippen molar-refractivity contribution in [1.29, 1.82) is 0 Å². The normalized spacial score (nSPS) is 12.1. The molecule has 0 aliphatic carbocycles. The van der Waals surface area contributed by atoms with Crippen LogP contribution in [0.5, 0.6) is 5.75 Å². The predicted molar refractivity (Wildman–Crippen MR) is 105 cm³/mol. The Balaban J connectivity index is 2.08. The fourth-order valence-corrected chi connectivity index (χ4v) is 3.21. The van der Waals surface area contributed by atoms with Crippen molar-refractivity contribution in [3.05, 3.63) is 30.3 Å². The molecule has 0 spiro atoms. The summed E-state index contributed by atoms with van der Waals surface area (Å²) in [6.45, 7) is 4.60. The van der Waals surface area contributed by atoms with Crippen LogP contribution in [0.4, 0.5) is 0 Å². The highest BCUT2D eigenvalue weighted by Crippen LogP contribution is 2.21. The molecule has 23 heavy (non-hydrogen) atoms. The third kappa shape index (κ3) is 10.5. The monoisotopic (exact) mass is 334 g/mol. The van der Waals surface area contributed by atoms with Gasteiger partial charge in [-0.1, -0.05) is 83.4 Å². The van der Waals surface area contributed by atoms with E-state index in [9.17, 15) is 0 Å². The first-order valence-electron chi connectivity index (χ1n) is 9.52. The van der Waals surface area contributed by atoms with Crippen LogP contribution in [0.15, 0.2) is 30.3 Å². The third-order valence-corrected chi connectivity index (χ3v) is 4.80. The maximum Gasteiger partial charge on any atom is 0.167 e. The average molecular weight is 335 g/mol. The molecule has 0 saturated heterocycles. The fourth-order valence-electron chi connectivity index (χ4n) is 2.97. The molecule has 0 radical (unpaired) electrons. The standard InChI is InChI=1S/C21H34OS/c1-3-5-6-7-8-10-14-19(4-2)15-13-18-21(23)22-20-16-11-9-12-17-20/h9,11-12,16-17,19H,3-8,10,13-15,18H2,1-2H3. The van der Waals surface area contributed by atoms with Crippen molar-refractivity contribution in [2.75, 3.05) is 0 Å². The van der Waals surface area contributed by atoms with Crippen molar-refractivity contribution in [1.82, 2.24) is 0 Å². The first kappa shape index (κ1) is 20.2. The van der Waals surface area contributed by atoms with Gasteiger partial charge in [0.1, 0.15) is 5.75 Å². The summed E-state index contributed by atoms with van der Waals surface area (Å²) in [5.74, 6) is 1.72. The number of para-hydroxylation sites is 1. The van der Waals surface area contributed by atoms with Crippen LogP contribution < -0.4 is 4.74 Å². The molecular formula is C21H34OS. The van der Waals surface area contributed by atoms with Gasteiger partial charge in [0.25, 0.3) is 0 Å². The van der Waals surface area contributed by atoms with Gasteiger partial charge in [-0.05, 0) is 43.1 Å². The van der Waals surface area contributed by atoms with Crippen LogP contribution in [0.3, 0.4) is 0 Å². The van der Waals surface area contributed by atoms with Crippen LogP contribution in [0, 0.1) is 5.92 Å². The number of unbranched alkanes of at least 4 members (excludes halogenated alkanes) is 5. The lowest BCUT2D eigenvalue weighted by Gasteiger charge is -2.15. The van der Waals surface area contributed by atoms with Crippen LogP contribution in [0.1, 0.15) is 84.5 Å². The summed E-state index contributed by atoms with van der Waals surface area (Å²) >= 11 is 5.35. The Labute approximate surface area is 148 Å². The largest absolute Gasteiger partial charge is 0.450 e. The van der Waals surface area contributed by atoms with Crippen molar-refractivity contribution in [2.45, 2.75) is 84.5 Å². The Bertz CT molecular complexity index is 402. The smallest absolute Gasteiger partial charge is 0.167 e. The van der Waals surface area contributed by atoms with E-state index >= 15 is 0 Å². The average Bonchev–Trinajstić information content (AvgIpc) is 2.57. The van der Waals surface area contributed by atoms with Gasteiger partial charge in [0.15, 0.2) is 5.05 Å². The molecule has 0 bridgehead atoms. The highest BCUT2D eigenvalue weighted by atomic mass is 32.1. The second kappa shape index (κ2) is 13.5. The highest BCUT2D eigenvalue weighted by molar-refractivity contribution is 7.80. The zero-order chi connectivity index (χ0) is 16.8. The van der Waals surface area contributed by atoms with Crippen LogP contribution in [-0.2, 0) is 0 Å². The van der Waals surface area contributed by atoms with E-state index in [2.05, 4.69) is 13.8 Å². The molecule has 1 atom stereocenters. The summed E-state index contributed by atoms with van der Waals surface area (Å²) in [5, 5.41) is 0.727. The zero-order valence-corrected chi connectivity index (χ0v) is 15.9. The molecule has 130 valence electrons. The highest BCUT2D eigenvalue weighted by Gasteiger charge is 2.08. The summed E-state index contributed by atoms with van der Waals surface area (Å²) in [6, 6.07) is 9.86. The summed E-state index contributed by atoms with van der Waals surface area (Å²) in [7, 11) is 0. The summed E-state index contributed by atoms with van der Waals surface area (Å²) in [6.07, 6.45) is 14.4. The Kier molecular flexibility index (Phi) is 11.9. The van der Waals surface area contributed by atoms with Crippen LogP contribution in [-0.4, -0.2) is 5.05 Å². The molecule has 0 saturated carbocycles. The molecular weight excluding hydrogens is 300 g/mol. The van der Waals surface area contributed by atoms with Crippen molar-refractivity contribution in [3.63, 3.8) is 0 Å². The second-order valence-electron chi connectivity index (χ2n) is 6.51. The predicted octanol–water partition coefficient (Wildman–Crippen LogP) is 7.34. The Morgan fingerprint density at radius 2 is 1.57 bits per heavy atom. The Morgan fingerprint density at radius 3 is 2.26 bits per heavy atom. The molecule has 1 aromatic carbocycles. The molecule has 0 aliphatic rings. The number of hydrogen-bond donors (Lipinski definition) is 0. The molecule has 1 rings (SSSR count). The van der Waals surface area contributed by atoms with E-state index in [4.69, 9.17) is 17.0 Å². The van der Waals surface area contributed by atoms with E-state index in [0.29, 0.717) is 0 Å². The summed E-state index contributed by atoms with van der Waals surface area (Å²) in [4.78, 5) is 0. The summed E-state index contributed by atoms with van der Waals surface area (Å²) < 4.78 is 5.70. The van der Waals surface area contributed by atoms with Gasteiger partial charge in [0.2, 0.25) is 0 Å². The maximum absolute atomic E-state index is 5.70. The van der Waals surface area contributed by atoms with Crippen molar-refractivity contribution >= 4 is 17.3 Å². The molecule has 0 heterocycles. The van der Waals surface area contributed by atoms with E-state index in [0.717, 1.165) is 29.6 Å². The van der Waals surface area contributed by atoms with E-state index in [1.54, 1.807) is 0 Å². The van der Waals surface area contributed by atoms with E-state index in [1.165, 1.54) is 57.8 Å². The summed E-state index contributed by atoms with van der Waals surface area (Å²) in [5.41, 5.74) is 0. The maximum atomic E-state index is 5.70. The molecule has 0 N–H and O–H groups in total. The van der Waals surface area contributed by atoms with Gasteiger partial charge in [-0.25, -0.2) is 0 Å². The minimum Gasteiger partial charge on any atom is -0.450 e. The Hall–Kier alpha value is -0.890. The van der Waals surface area contributed by atoms with Crippen molar-refractivity contribution in [3.8, 4) is 5.75 Å². The first-order valence-corrected chi connectivity index (χ1v) is 9.92. The topological polar surface area (TPSA) is 9.23 Å². The molecule has 1 aromatic rings. The SMILES string of the molecule is CCCCCCCCC(CC)CCCC(=S)Oc1ccccc1.